The Bertz CT molecular complexity index is 4260. The molecule has 13 aromatic rings. The Hall–Kier alpha value is -10.5. The van der Waals surface area contributed by atoms with E-state index in [9.17, 15) is 0 Å². The zero-order chi connectivity index (χ0) is 49.0. The lowest BCUT2D eigenvalue weighted by Crippen LogP contribution is -2.16. The van der Waals surface area contributed by atoms with Gasteiger partial charge in [-0.25, -0.2) is 19.7 Å². The van der Waals surface area contributed by atoms with Crippen LogP contribution in [0.1, 0.15) is 0 Å². The number of ether oxygens (including phenoxy) is 2. The second-order valence-corrected chi connectivity index (χ2v) is 18.7. The lowest BCUT2D eigenvalue weighted by Gasteiger charge is -2.33. The number of nitrogens with zero attached hydrogens (tertiary/aromatic N) is 6. The Balaban J connectivity index is 1.03. The number of benzene rings is 12. The fourth-order valence-electron chi connectivity index (χ4n) is 11.1. The molecule has 0 radical (unpaired) electrons. The zero-order valence-corrected chi connectivity index (χ0v) is 39.3. The fraction of sp³-hybridized carbons (Fsp3) is 0. The summed E-state index contributed by atoms with van der Waals surface area (Å²) in [6, 6.07) is 74.7. The van der Waals surface area contributed by atoms with Gasteiger partial charge in [-0.3, -0.25) is 0 Å². The highest BCUT2D eigenvalue weighted by Gasteiger charge is 2.29. The fourth-order valence-corrected chi connectivity index (χ4v) is 11.1. The molecule has 12 aromatic carbocycles. The van der Waals surface area contributed by atoms with E-state index < -0.39 is 0 Å². The van der Waals surface area contributed by atoms with Gasteiger partial charge in [-0.05, 0) is 129 Å². The predicted octanol–water partition coefficient (Wildman–Crippen LogP) is 19.0. The molecule has 0 amide bonds. The monoisotopic (exact) mass is 944 g/mol. The lowest BCUT2D eigenvalue weighted by molar-refractivity contribution is 0.477. The summed E-state index contributed by atoms with van der Waals surface area (Å²) in [6.07, 6.45) is 0. The van der Waals surface area contributed by atoms with Crippen LogP contribution < -0.4 is 19.3 Å². The minimum Gasteiger partial charge on any atom is -0.453 e. The first-order valence-corrected chi connectivity index (χ1v) is 24.4. The van der Waals surface area contributed by atoms with Crippen LogP contribution in [0.15, 0.2) is 218 Å². The molecule has 342 valence electrons. The van der Waals surface area contributed by atoms with Crippen molar-refractivity contribution in [3.63, 3.8) is 0 Å². The quantitative estimate of drug-likeness (QED) is 0.0995. The first-order chi connectivity index (χ1) is 36.6. The summed E-state index contributed by atoms with van der Waals surface area (Å²) in [5, 5.41) is 8.06. The standard InChI is InChI=1S/C66H36N6O2/c1-67-43-25-19-39(20-26-43)41-23-31-47-51(35-41)52-36-42(40-21-27-44(68-2)28-22-40)24-32-48(52)64-63(47)69-65-49-33-29-45(71-55-11-3-7-15-59(55)73-60-16-8-4-12-56(60)71)37-53(49)54-38-46(30-34-50(54)66(65)70-64)72-57-13-5-9-17-61(57)74-62-18-10-6-14-58(62)72/h3-38H. The average molecular weight is 945 g/mol. The van der Waals surface area contributed by atoms with E-state index in [0.29, 0.717) is 11.4 Å². The van der Waals surface area contributed by atoms with Crippen molar-refractivity contribution in [1.82, 2.24) is 9.97 Å². The predicted molar refractivity (Wildman–Crippen MR) is 300 cm³/mol. The number of hydrogen-bond acceptors (Lipinski definition) is 6. The van der Waals surface area contributed by atoms with Crippen LogP contribution in [0.2, 0.25) is 0 Å². The smallest absolute Gasteiger partial charge is 0.187 e. The van der Waals surface area contributed by atoms with Crippen LogP contribution in [0.5, 0.6) is 23.0 Å². The number of aromatic nitrogens is 2. The second-order valence-electron chi connectivity index (χ2n) is 18.7. The summed E-state index contributed by atoms with van der Waals surface area (Å²) >= 11 is 0. The third kappa shape index (κ3) is 6.26. The summed E-state index contributed by atoms with van der Waals surface area (Å²) < 4.78 is 12.9. The van der Waals surface area contributed by atoms with Crippen LogP contribution >= 0.6 is 0 Å². The van der Waals surface area contributed by atoms with Crippen LogP contribution in [-0.4, -0.2) is 9.97 Å². The van der Waals surface area contributed by atoms with E-state index >= 15 is 0 Å². The van der Waals surface area contributed by atoms with Gasteiger partial charge in [-0.15, -0.1) is 0 Å². The minimum absolute atomic E-state index is 0.599. The summed E-state index contributed by atoms with van der Waals surface area (Å²) in [5.74, 6) is 3.14. The molecule has 0 aliphatic carbocycles. The minimum atomic E-state index is 0.599. The maximum atomic E-state index is 7.55. The van der Waals surface area contributed by atoms with Crippen LogP contribution in [-0.2, 0) is 0 Å². The highest BCUT2D eigenvalue weighted by molar-refractivity contribution is 6.29. The third-order valence-corrected chi connectivity index (χ3v) is 14.6. The van der Waals surface area contributed by atoms with E-state index in [0.717, 1.165) is 145 Å². The zero-order valence-electron chi connectivity index (χ0n) is 39.3. The molecule has 0 bridgehead atoms. The van der Waals surface area contributed by atoms with E-state index in [1.165, 1.54) is 0 Å². The first-order valence-electron chi connectivity index (χ1n) is 24.4. The van der Waals surface area contributed by atoms with Gasteiger partial charge < -0.3 is 19.3 Å². The Morgan fingerprint density at radius 2 is 0.595 bits per heavy atom. The van der Waals surface area contributed by atoms with Crippen molar-refractivity contribution in [3.05, 3.63) is 241 Å². The number of hydrogen-bond donors (Lipinski definition) is 0. The van der Waals surface area contributed by atoms with Crippen molar-refractivity contribution in [2.45, 2.75) is 0 Å². The topological polar surface area (TPSA) is 59.4 Å². The van der Waals surface area contributed by atoms with Gasteiger partial charge in [0.2, 0.25) is 0 Å². The molecule has 0 unspecified atom stereocenters. The van der Waals surface area contributed by atoms with Gasteiger partial charge in [0.05, 0.1) is 58.0 Å². The summed E-state index contributed by atoms with van der Waals surface area (Å²) in [5.41, 5.74) is 14.3. The van der Waals surface area contributed by atoms with Crippen LogP contribution in [0.25, 0.3) is 97.1 Å². The molecule has 0 fully saturated rings. The molecule has 8 nitrogen and oxygen atoms in total. The Labute approximate surface area is 424 Å². The molecule has 0 N–H and O–H groups in total. The highest BCUT2D eigenvalue weighted by atomic mass is 16.5. The highest BCUT2D eigenvalue weighted by Crippen LogP contribution is 2.53. The largest absolute Gasteiger partial charge is 0.453 e. The number of fused-ring (bicyclic) bond motifs is 16. The van der Waals surface area contributed by atoms with Gasteiger partial charge in [-0.1, -0.05) is 133 Å². The third-order valence-electron chi connectivity index (χ3n) is 14.6. The normalized spacial score (nSPS) is 12.5. The van der Waals surface area contributed by atoms with E-state index in [2.05, 4.69) is 141 Å². The van der Waals surface area contributed by atoms with Gasteiger partial charge in [0.1, 0.15) is 0 Å². The summed E-state index contributed by atoms with van der Waals surface area (Å²) in [7, 11) is 0. The molecule has 2 aliphatic rings. The molecule has 1 aromatic heterocycles. The van der Waals surface area contributed by atoms with E-state index in [4.69, 9.17) is 32.6 Å². The van der Waals surface area contributed by atoms with Gasteiger partial charge in [0.15, 0.2) is 34.4 Å². The summed E-state index contributed by atoms with van der Waals surface area (Å²) in [4.78, 5) is 23.4. The Morgan fingerprint density at radius 3 is 0.932 bits per heavy atom. The van der Waals surface area contributed by atoms with Crippen molar-refractivity contribution in [3.8, 4) is 45.3 Å². The molecule has 0 atom stereocenters. The second kappa shape index (κ2) is 16.0. The van der Waals surface area contributed by atoms with Crippen LogP contribution in [0, 0.1) is 13.1 Å². The van der Waals surface area contributed by atoms with Crippen molar-refractivity contribution < 1.29 is 9.47 Å². The van der Waals surface area contributed by atoms with Gasteiger partial charge in [0, 0.05) is 32.9 Å². The van der Waals surface area contributed by atoms with E-state index in [1.54, 1.807) is 0 Å². The van der Waals surface area contributed by atoms with Crippen molar-refractivity contribution in [2.75, 3.05) is 9.80 Å². The maximum Gasteiger partial charge on any atom is 0.187 e. The molecule has 0 saturated heterocycles. The number of rotatable bonds is 4. The van der Waals surface area contributed by atoms with Gasteiger partial charge in [0.25, 0.3) is 0 Å². The summed E-state index contributed by atoms with van der Waals surface area (Å²) in [6.45, 7) is 15.1. The first kappa shape index (κ1) is 41.3. The molecule has 8 heteroatoms. The number of anilines is 6. The maximum absolute atomic E-state index is 7.55. The van der Waals surface area contributed by atoms with E-state index in [1.807, 2.05) is 97.1 Å². The lowest BCUT2D eigenvalue weighted by atomic mass is 9.92. The van der Waals surface area contributed by atoms with Crippen molar-refractivity contribution in [1.29, 1.82) is 0 Å². The molecular weight excluding hydrogens is 909 g/mol. The Morgan fingerprint density at radius 1 is 0.297 bits per heavy atom. The molecule has 15 rings (SSSR count). The van der Waals surface area contributed by atoms with Crippen molar-refractivity contribution in [2.24, 2.45) is 0 Å². The Kier molecular flexibility index (Phi) is 8.92. The molecule has 0 spiro atoms. The molecule has 2 aliphatic heterocycles. The van der Waals surface area contributed by atoms with Gasteiger partial charge in [-0.2, -0.15) is 0 Å². The SMILES string of the molecule is [C-]#[N+]c1ccc(-c2ccc3c(c2)c2cc(-c4ccc([N+]#[C-])cc4)ccc2c2nc4c5ccc(N6c7ccccc7Oc7ccccc76)cc5c5cc(N6c7ccccc7Oc7ccccc76)ccc5c4nc32)cc1. The average Bonchev–Trinajstić information content (AvgIpc) is 3.48. The molecular formula is C66H36N6O2. The van der Waals surface area contributed by atoms with Gasteiger partial charge >= 0.3 is 0 Å². The van der Waals surface area contributed by atoms with E-state index in [-0.39, 0.29) is 0 Å². The van der Waals surface area contributed by atoms with Crippen LogP contribution in [0.4, 0.5) is 45.5 Å². The molecule has 0 saturated carbocycles. The number of para-hydroxylation sites is 8. The molecule has 74 heavy (non-hydrogen) atoms. The van der Waals surface area contributed by atoms with Crippen LogP contribution in [0.3, 0.4) is 0 Å². The molecule has 3 heterocycles. The van der Waals surface area contributed by atoms with Crippen molar-refractivity contribution >= 4 is 111 Å².